The molecule has 0 saturated carbocycles. The minimum atomic E-state index is -3.68. The topological polar surface area (TPSA) is 107 Å². The van der Waals surface area contributed by atoms with Crippen LogP contribution in [0.25, 0.3) is 0 Å². The van der Waals surface area contributed by atoms with Crippen LogP contribution in [0.3, 0.4) is 0 Å². The number of sulfonamides is 1. The van der Waals surface area contributed by atoms with Crippen LogP contribution in [-0.2, 0) is 10.0 Å². The Balaban J connectivity index is 3.30. The van der Waals surface area contributed by atoms with Crippen molar-refractivity contribution in [2.24, 2.45) is 0 Å². The molecule has 19 heavy (non-hydrogen) atoms. The second kappa shape index (κ2) is 5.54. The first-order chi connectivity index (χ1) is 8.71. The lowest BCUT2D eigenvalue weighted by Gasteiger charge is -2.24. The van der Waals surface area contributed by atoms with Crippen molar-refractivity contribution in [2.75, 3.05) is 12.3 Å². The van der Waals surface area contributed by atoms with Crippen LogP contribution in [0.2, 0.25) is 0 Å². The SMILES string of the molecule is CCN(C(C)C)S(=O)(=O)c1ccc([N+](=O)[O-])c(N)c1. The summed E-state index contributed by atoms with van der Waals surface area (Å²) in [7, 11) is -3.68. The summed E-state index contributed by atoms with van der Waals surface area (Å²) in [4.78, 5) is 9.96. The second-order valence-electron chi connectivity index (χ2n) is 4.28. The molecule has 0 heterocycles. The minimum Gasteiger partial charge on any atom is -0.393 e. The Hall–Kier alpha value is -1.67. The molecule has 0 atom stereocenters. The van der Waals surface area contributed by atoms with Crippen molar-refractivity contribution in [3.8, 4) is 0 Å². The van der Waals surface area contributed by atoms with Crippen LogP contribution in [0, 0.1) is 10.1 Å². The Morgan fingerprint density at radius 3 is 2.37 bits per heavy atom. The van der Waals surface area contributed by atoms with Gasteiger partial charge in [0, 0.05) is 18.7 Å². The second-order valence-corrected chi connectivity index (χ2v) is 6.17. The summed E-state index contributed by atoms with van der Waals surface area (Å²) in [5.41, 5.74) is 5.05. The van der Waals surface area contributed by atoms with E-state index < -0.39 is 14.9 Å². The van der Waals surface area contributed by atoms with Gasteiger partial charge in [-0.25, -0.2) is 8.42 Å². The summed E-state index contributed by atoms with van der Waals surface area (Å²) in [5.74, 6) is 0. The van der Waals surface area contributed by atoms with Gasteiger partial charge >= 0.3 is 0 Å². The number of anilines is 1. The summed E-state index contributed by atoms with van der Waals surface area (Å²) in [6, 6.07) is 3.23. The molecule has 106 valence electrons. The molecule has 0 aliphatic heterocycles. The van der Waals surface area contributed by atoms with Crippen LogP contribution in [0.4, 0.5) is 11.4 Å². The fourth-order valence-corrected chi connectivity index (χ4v) is 3.49. The van der Waals surface area contributed by atoms with Gasteiger partial charge in [0.2, 0.25) is 10.0 Å². The number of nitro groups is 1. The third-order valence-electron chi connectivity index (χ3n) is 2.69. The standard InChI is InChI=1S/C11H17N3O4S/c1-4-13(8(2)3)19(17,18)9-5-6-11(14(15)16)10(12)7-9/h5-8H,4,12H2,1-3H3. The van der Waals surface area contributed by atoms with Gasteiger partial charge in [-0.3, -0.25) is 10.1 Å². The Labute approximate surface area is 112 Å². The summed E-state index contributed by atoms with van der Waals surface area (Å²) < 4.78 is 26.0. The van der Waals surface area contributed by atoms with Gasteiger partial charge in [-0.05, 0) is 26.0 Å². The van der Waals surface area contributed by atoms with Crippen LogP contribution in [-0.4, -0.2) is 30.2 Å². The van der Waals surface area contributed by atoms with Crippen molar-refractivity contribution in [3.63, 3.8) is 0 Å². The molecule has 0 bridgehead atoms. The lowest BCUT2D eigenvalue weighted by Crippen LogP contribution is -2.36. The van der Waals surface area contributed by atoms with E-state index in [-0.39, 0.29) is 22.3 Å². The minimum absolute atomic E-state index is 0.0360. The fraction of sp³-hybridized carbons (Fsp3) is 0.455. The largest absolute Gasteiger partial charge is 0.393 e. The molecule has 8 heteroatoms. The van der Waals surface area contributed by atoms with Crippen LogP contribution < -0.4 is 5.73 Å². The maximum atomic E-state index is 12.3. The average molecular weight is 287 g/mol. The summed E-state index contributed by atoms with van der Waals surface area (Å²) in [6.45, 7) is 5.56. The highest BCUT2D eigenvalue weighted by Crippen LogP contribution is 2.26. The molecular weight excluding hydrogens is 270 g/mol. The monoisotopic (exact) mass is 287 g/mol. The van der Waals surface area contributed by atoms with Crippen LogP contribution in [0.15, 0.2) is 23.1 Å². The van der Waals surface area contributed by atoms with E-state index in [4.69, 9.17) is 5.73 Å². The molecule has 0 spiro atoms. The summed E-state index contributed by atoms with van der Waals surface area (Å²) >= 11 is 0. The van der Waals surface area contributed by atoms with E-state index in [0.717, 1.165) is 12.1 Å². The molecule has 0 fully saturated rings. The highest BCUT2D eigenvalue weighted by molar-refractivity contribution is 7.89. The van der Waals surface area contributed by atoms with Crippen molar-refractivity contribution < 1.29 is 13.3 Å². The highest BCUT2D eigenvalue weighted by atomic mass is 32.2. The van der Waals surface area contributed by atoms with E-state index in [0.29, 0.717) is 6.54 Å². The number of rotatable bonds is 5. The molecule has 2 N–H and O–H groups in total. The summed E-state index contributed by atoms with van der Waals surface area (Å²) in [5, 5.41) is 10.6. The molecule has 0 aliphatic rings. The molecule has 0 aromatic heterocycles. The van der Waals surface area contributed by atoms with Gasteiger partial charge in [0.25, 0.3) is 5.69 Å². The molecule has 0 amide bonds. The van der Waals surface area contributed by atoms with E-state index in [2.05, 4.69) is 0 Å². The number of nitrogens with zero attached hydrogens (tertiary/aromatic N) is 2. The van der Waals surface area contributed by atoms with Gasteiger partial charge in [-0.2, -0.15) is 4.31 Å². The third-order valence-corrected chi connectivity index (χ3v) is 4.84. The van der Waals surface area contributed by atoms with Gasteiger partial charge in [-0.15, -0.1) is 0 Å². The Morgan fingerprint density at radius 2 is 2.00 bits per heavy atom. The van der Waals surface area contributed by atoms with Crippen LogP contribution in [0.1, 0.15) is 20.8 Å². The number of nitrogen functional groups attached to an aromatic ring is 1. The molecule has 1 aromatic carbocycles. The first-order valence-corrected chi connectivity index (χ1v) is 7.21. The van der Waals surface area contributed by atoms with Crippen molar-refractivity contribution in [3.05, 3.63) is 28.3 Å². The molecule has 1 rings (SSSR count). The molecular formula is C11H17N3O4S. The van der Waals surface area contributed by atoms with Gasteiger partial charge < -0.3 is 5.73 Å². The van der Waals surface area contributed by atoms with Crippen LogP contribution >= 0.6 is 0 Å². The number of nitrogens with two attached hydrogens (primary N) is 1. The van der Waals surface area contributed by atoms with Crippen molar-refractivity contribution in [2.45, 2.75) is 31.7 Å². The smallest absolute Gasteiger partial charge is 0.292 e. The summed E-state index contributed by atoms with van der Waals surface area (Å²) in [6.07, 6.45) is 0. The highest BCUT2D eigenvalue weighted by Gasteiger charge is 2.27. The quantitative estimate of drug-likeness (QED) is 0.503. The van der Waals surface area contributed by atoms with Crippen LogP contribution in [0.5, 0.6) is 0 Å². The number of hydrogen-bond acceptors (Lipinski definition) is 5. The fourth-order valence-electron chi connectivity index (χ4n) is 1.81. The lowest BCUT2D eigenvalue weighted by atomic mass is 10.3. The zero-order chi connectivity index (χ0) is 14.8. The van der Waals surface area contributed by atoms with Crippen molar-refractivity contribution in [1.29, 1.82) is 0 Å². The predicted molar refractivity (Wildman–Crippen MR) is 72.2 cm³/mol. The Bertz CT molecular complexity index is 584. The molecule has 0 aliphatic carbocycles. The van der Waals surface area contributed by atoms with Gasteiger partial charge in [-0.1, -0.05) is 6.92 Å². The first-order valence-electron chi connectivity index (χ1n) is 5.77. The number of nitro benzene ring substituents is 1. The number of benzene rings is 1. The Morgan fingerprint density at radius 1 is 1.42 bits per heavy atom. The molecule has 1 aromatic rings. The first kappa shape index (κ1) is 15.4. The zero-order valence-corrected chi connectivity index (χ0v) is 11.8. The van der Waals surface area contributed by atoms with E-state index in [1.54, 1.807) is 20.8 Å². The van der Waals surface area contributed by atoms with E-state index in [1.165, 1.54) is 10.4 Å². The van der Waals surface area contributed by atoms with E-state index >= 15 is 0 Å². The van der Waals surface area contributed by atoms with Gasteiger partial charge in [0.05, 0.1) is 9.82 Å². The Kier molecular flexibility index (Phi) is 4.48. The lowest BCUT2D eigenvalue weighted by molar-refractivity contribution is -0.383. The van der Waals surface area contributed by atoms with Gasteiger partial charge in [0.1, 0.15) is 5.69 Å². The maximum absolute atomic E-state index is 12.3. The molecule has 0 unspecified atom stereocenters. The molecule has 7 nitrogen and oxygen atoms in total. The zero-order valence-electron chi connectivity index (χ0n) is 11.0. The van der Waals surface area contributed by atoms with Crippen molar-refractivity contribution >= 4 is 21.4 Å². The molecule has 0 saturated heterocycles. The molecule has 0 radical (unpaired) electrons. The maximum Gasteiger partial charge on any atom is 0.292 e. The van der Waals surface area contributed by atoms with Crippen molar-refractivity contribution in [1.82, 2.24) is 4.31 Å². The van der Waals surface area contributed by atoms with Gasteiger partial charge in [0.15, 0.2) is 0 Å². The third kappa shape index (κ3) is 3.02. The van der Waals surface area contributed by atoms with E-state index in [1.807, 2.05) is 0 Å². The average Bonchev–Trinajstić information content (AvgIpc) is 2.28. The number of hydrogen-bond donors (Lipinski definition) is 1. The van der Waals surface area contributed by atoms with E-state index in [9.17, 15) is 18.5 Å². The normalized spacial score (nSPS) is 12.1. The predicted octanol–water partition coefficient (Wildman–Crippen LogP) is 1.60.